The lowest BCUT2D eigenvalue weighted by Gasteiger charge is -2.34. The number of benzene rings is 1. The van der Waals surface area contributed by atoms with Gasteiger partial charge in [0, 0.05) is 31.3 Å². The van der Waals surface area contributed by atoms with Crippen molar-refractivity contribution in [3.8, 4) is 0 Å². The zero-order valence-electron chi connectivity index (χ0n) is 13.5. The highest BCUT2D eigenvalue weighted by Gasteiger charge is 2.32. The Bertz CT molecular complexity index is 828. The molecular weight excluding hydrogens is 306 g/mol. The SMILES string of the molecule is Cc1cccc(CN2CCC(=O)N(Cc3ccc[nH]c3=O)C2=O)c1. The topological polar surface area (TPSA) is 73.5 Å². The van der Waals surface area contributed by atoms with Gasteiger partial charge in [-0.3, -0.25) is 14.5 Å². The molecule has 124 valence electrons. The molecule has 3 amide bonds. The first kappa shape index (κ1) is 16.0. The number of carbonyl (C=O) groups excluding carboxylic acids is 2. The second-order valence-corrected chi connectivity index (χ2v) is 5.95. The molecular formula is C18H19N3O3. The molecule has 6 nitrogen and oxygen atoms in total. The second kappa shape index (κ2) is 6.70. The summed E-state index contributed by atoms with van der Waals surface area (Å²) in [6.07, 6.45) is 1.79. The molecule has 2 heterocycles. The predicted molar refractivity (Wildman–Crippen MR) is 89.2 cm³/mol. The highest BCUT2D eigenvalue weighted by atomic mass is 16.2. The van der Waals surface area contributed by atoms with Crippen LogP contribution in [0.1, 0.15) is 23.1 Å². The van der Waals surface area contributed by atoms with Crippen LogP contribution >= 0.6 is 0 Å². The molecule has 1 saturated heterocycles. The fraction of sp³-hybridized carbons (Fsp3) is 0.278. The number of aromatic amines is 1. The third-order valence-electron chi connectivity index (χ3n) is 4.08. The molecule has 1 N–H and O–H groups in total. The number of aryl methyl sites for hydroxylation is 1. The van der Waals surface area contributed by atoms with Gasteiger partial charge >= 0.3 is 6.03 Å². The number of amides is 3. The average Bonchev–Trinajstić information content (AvgIpc) is 2.56. The molecule has 0 atom stereocenters. The van der Waals surface area contributed by atoms with E-state index in [0.717, 1.165) is 16.0 Å². The van der Waals surface area contributed by atoms with E-state index in [4.69, 9.17) is 0 Å². The van der Waals surface area contributed by atoms with Gasteiger partial charge < -0.3 is 9.88 Å². The van der Waals surface area contributed by atoms with Gasteiger partial charge in [0.2, 0.25) is 5.91 Å². The monoisotopic (exact) mass is 325 g/mol. The molecule has 1 aromatic heterocycles. The van der Waals surface area contributed by atoms with Crippen LogP contribution in [0.4, 0.5) is 4.79 Å². The number of H-pyrrole nitrogens is 1. The second-order valence-electron chi connectivity index (χ2n) is 5.95. The Labute approximate surface area is 139 Å². The predicted octanol–water partition coefficient (Wildman–Crippen LogP) is 2.04. The molecule has 6 heteroatoms. The van der Waals surface area contributed by atoms with Gasteiger partial charge in [0.25, 0.3) is 5.56 Å². The molecule has 0 radical (unpaired) electrons. The molecule has 0 bridgehead atoms. The van der Waals surface area contributed by atoms with Crippen LogP contribution in [-0.4, -0.2) is 33.3 Å². The summed E-state index contributed by atoms with van der Waals surface area (Å²) in [7, 11) is 0. The smallest absolute Gasteiger partial charge is 0.327 e. The fourth-order valence-corrected chi connectivity index (χ4v) is 2.82. The lowest BCUT2D eigenvalue weighted by atomic mass is 10.1. The minimum atomic E-state index is -0.351. The first-order valence-corrected chi connectivity index (χ1v) is 7.86. The van der Waals surface area contributed by atoms with Crippen LogP contribution in [0.2, 0.25) is 0 Å². The van der Waals surface area contributed by atoms with E-state index >= 15 is 0 Å². The minimum absolute atomic E-state index is 0.00183. The van der Waals surface area contributed by atoms with Gasteiger partial charge in [-0.25, -0.2) is 4.79 Å². The molecule has 0 saturated carbocycles. The maximum absolute atomic E-state index is 12.7. The van der Waals surface area contributed by atoms with Crippen LogP contribution in [0.25, 0.3) is 0 Å². The third-order valence-corrected chi connectivity index (χ3v) is 4.08. The number of aromatic nitrogens is 1. The van der Waals surface area contributed by atoms with Crippen molar-refractivity contribution in [2.45, 2.75) is 26.4 Å². The first-order valence-electron chi connectivity index (χ1n) is 7.86. The minimum Gasteiger partial charge on any atom is -0.329 e. The van der Waals surface area contributed by atoms with E-state index in [2.05, 4.69) is 4.98 Å². The lowest BCUT2D eigenvalue weighted by molar-refractivity contribution is -0.131. The van der Waals surface area contributed by atoms with Gasteiger partial charge in [-0.15, -0.1) is 0 Å². The molecule has 0 spiro atoms. The number of carbonyl (C=O) groups is 2. The number of imide groups is 1. The largest absolute Gasteiger partial charge is 0.329 e. The number of urea groups is 1. The molecule has 1 aromatic carbocycles. The molecule has 3 rings (SSSR count). The summed E-state index contributed by atoms with van der Waals surface area (Å²) in [5.41, 5.74) is 2.27. The van der Waals surface area contributed by atoms with Gasteiger partial charge in [-0.05, 0) is 18.6 Å². The van der Waals surface area contributed by atoms with Crippen molar-refractivity contribution >= 4 is 11.9 Å². The normalized spacial score (nSPS) is 15.0. The van der Waals surface area contributed by atoms with Gasteiger partial charge in [-0.2, -0.15) is 0 Å². The maximum atomic E-state index is 12.7. The Hall–Kier alpha value is -2.89. The average molecular weight is 325 g/mol. The summed E-state index contributed by atoms with van der Waals surface area (Å²) >= 11 is 0. The van der Waals surface area contributed by atoms with Crippen molar-refractivity contribution < 1.29 is 9.59 Å². The number of rotatable bonds is 4. The zero-order valence-corrected chi connectivity index (χ0v) is 13.5. The van der Waals surface area contributed by atoms with Crippen LogP contribution in [0, 0.1) is 6.92 Å². The van der Waals surface area contributed by atoms with Crippen molar-refractivity contribution in [1.29, 1.82) is 0 Å². The summed E-state index contributed by atoms with van der Waals surface area (Å²) in [4.78, 5) is 42.0. The number of pyridine rings is 1. The summed E-state index contributed by atoms with van der Waals surface area (Å²) in [5, 5.41) is 0. The van der Waals surface area contributed by atoms with Crippen molar-refractivity contribution in [3.63, 3.8) is 0 Å². The maximum Gasteiger partial charge on any atom is 0.327 e. The highest BCUT2D eigenvalue weighted by molar-refractivity contribution is 5.96. The number of nitrogens with zero attached hydrogens (tertiary/aromatic N) is 2. The summed E-state index contributed by atoms with van der Waals surface area (Å²) in [6, 6.07) is 10.9. The molecule has 1 aliphatic rings. The number of nitrogens with one attached hydrogen (secondary N) is 1. The van der Waals surface area contributed by atoms with Crippen LogP contribution in [0.5, 0.6) is 0 Å². The lowest BCUT2D eigenvalue weighted by Crippen LogP contribution is -2.51. The number of hydrogen-bond donors (Lipinski definition) is 1. The summed E-state index contributed by atoms with van der Waals surface area (Å²) in [6.45, 7) is 2.85. The van der Waals surface area contributed by atoms with E-state index in [1.807, 2.05) is 31.2 Å². The molecule has 2 aromatic rings. The van der Waals surface area contributed by atoms with E-state index < -0.39 is 0 Å². The van der Waals surface area contributed by atoms with Crippen molar-refractivity contribution in [3.05, 3.63) is 69.6 Å². The summed E-state index contributed by atoms with van der Waals surface area (Å²) < 4.78 is 0. The van der Waals surface area contributed by atoms with Gasteiger partial charge in [0.05, 0.1) is 6.54 Å². The Kier molecular flexibility index (Phi) is 4.46. The van der Waals surface area contributed by atoms with Crippen molar-refractivity contribution in [1.82, 2.24) is 14.8 Å². The van der Waals surface area contributed by atoms with Crippen LogP contribution in [0.3, 0.4) is 0 Å². The Balaban J connectivity index is 1.77. The van der Waals surface area contributed by atoms with E-state index in [1.54, 1.807) is 17.0 Å². The van der Waals surface area contributed by atoms with Crippen LogP contribution in [-0.2, 0) is 17.9 Å². The summed E-state index contributed by atoms with van der Waals surface area (Å²) in [5.74, 6) is -0.247. The standard InChI is InChI=1S/C18H19N3O3/c1-13-4-2-5-14(10-13)11-20-9-7-16(22)21(18(20)24)12-15-6-3-8-19-17(15)23/h2-6,8,10H,7,9,11-12H2,1H3,(H,19,23). The van der Waals surface area contributed by atoms with Gasteiger partial charge in [0.15, 0.2) is 0 Å². The van der Waals surface area contributed by atoms with Crippen LogP contribution in [0.15, 0.2) is 47.4 Å². The molecule has 1 fully saturated rings. The van der Waals surface area contributed by atoms with Gasteiger partial charge in [-0.1, -0.05) is 35.9 Å². The van der Waals surface area contributed by atoms with Crippen molar-refractivity contribution in [2.75, 3.05) is 6.54 Å². The van der Waals surface area contributed by atoms with Gasteiger partial charge in [0.1, 0.15) is 0 Å². The first-order chi connectivity index (χ1) is 11.5. The highest BCUT2D eigenvalue weighted by Crippen LogP contribution is 2.17. The Morgan fingerprint density at radius 2 is 1.92 bits per heavy atom. The van der Waals surface area contributed by atoms with E-state index in [0.29, 0.717) is 18.7 Å². The molecule has 1 aliphatic heterocycles. The molecule has 24 heavy (non-hydrogen) atoms. The molecule has 0 unspecified atom stereocenters. The quantitative estimate of drug-likeness (QED) is 0.935. The van der Waals surface area contributed by atoms with E-state index in [1.165, 1.54) is 6.20 Å². The van der Waals surface area contributed by atoms with Crippen molar-refractivity contribution in [2.24, 2.45) is 0 Å². The fourth-order valence-electron chi connectivity index (χ4n) is 2.82. The Morgan fingerprint density at radius 1 is 1.08 bits per heavy atom. The number of hydrogen-bond acceptors (Lipinski definition) is 3. The Morgan fingerprint density at radius 3 is 2.67 bits per heavy atom. The zero-order chi connectivity index (χ0) is 17.1. The van der Waals surface area contributed by atoms with E-state index in [9.17, 15) is 14.4 Å². The van der Waals surface area contributed by atoms with Crippen LogP contribution < -0.4 is 5.56 Å². The van der Waals surface area contributed by atoms with E-state index in [-0.39, 0.29) is 30.5 Å². The third kappa shape index (κ3) is 3.37. The molecule has 0 aliphatic carbocycles.